The van der Waals surface area contributed by atoms with Gasteiger partial charge in [0, 0.05) is 18.8 Å². The van der Waals surface area contributed by atoms with Gasteiger partial charge in [0.1, 0.15) is 5.75 Å². The number of rotatable bonds is 7. The molecular weight excluding hydrogens is 258 g/mol. The van der Waals surface area contributed by atoms with Crippen molar-refractivity contribution in [2.75, 3.05) is 31.1 Å². The molecule has 0 fully saturated rings. The maximum atomic E-state index is 11.9. The van der Waals surface area contributed by atoms with Gasteiger partial charge in [0.05, 0.1) is 18.4 Å². The van der Waals surface area contributed by atoms with Gasteiger partial charge in [-0.2, -0.15) is 11.8 Å². The van der Waals surface area contributed by atoms with Crippen molar-refractivity contribution in [2.24, 2.45) is 0 Å². The lowest BCUT2D eigenvalue weighted by Crippen LogP contribution is -2.34. The second kappa shape index (κ2) is 7.43. The van der Waals surface area contributed by atoms with Crippen molar-refractivity contribution >= 4 is 23.2 Å². The maximum Gasteiger partial charge on any atom is 0.165 e. The van der Waals surface area contributed by atoms with E-state index in [4.69, 9.17) is 4.74 Å². The lowest BCUT2D eigenvalue weighted by molar-refractivity contribution is 0.101. The van der Waals surface area contributed by atoms with Crippen LogP contribution in [-0.4, -0.2) is 38.0 Å². The molecule has 0 bridgehead atoms. The summed E-state index contributed by atoms with van der Waals surface area (Å²) in [5.41, 5.74) is 1.62. The van der Waals surface area contributed by atoms with Crippen LogP contribution in [0.5, 0.6) is 5.75 Å². The fourth-order valence-corrected chi connectivity index (χ4v) is 3.07. The standard InChI is InChI=1S/C15H23NO2S/c1-6-12(10-19-5)16(3)13-8-7-9-14(18-4)15(13)11(2)17/h7-9,12H,6,10H2,1-5H3. The molecule has 0 aliphatic rings. The predicted molar refractivity (Wildman–Crippen MR) is 83.9 cm³/mol. The summed E-state index contributed by atoms with van der Waals surface area (Å²) < 4.78 is 5.32. The molecule has 0 spiro atoms. The van der Waals surface area contributed by atoms with Gasteiger partial charge in [-0.25, -0.2) is 0 Å². The van der Waals surface area contributed by atoms with Gasteiger partial charge in [-0.1, -0.05) is 13.0 Å². The fourth-order valence-electron chi connectivity index (χ4n) is 2.23. The number of ether oxygens (including phenoxy) is 1. The molecular formula is C15H23NO2S. The van der Waals surface area contributed by atoms with Gasteiger partial charge >= 0.3 is 0 Å². The third-order valence-electron chi connectivity index (χ3n) is 3.33. The minimum Gasteiger partial charge on any atom is -0.496 e. The van der Waals surface area contributed by atoms with E-state index in [2.05, 4.69) is 18.1 Å². The zero-order valence-corrected chi connectivity index (χ0v) is 13.2. The second-order valence-electron chi connectivity index (χ2n) is 4.54. The van der Waals surface area contributed by atoms with Gasteiger partial charge in [0.2, 0.25) is 0 Å². The highest BCUT2D eigenvalue weighted by Gasteiger charge is 2.20. The lowest BCUT2D eigenvalue weighted by Gasteiger charge is -2.30. The number of Topliss-reactive ketones (excluding diaryl/α,β-unsaturated/α-hetero) is 1. The van der Waals surface area contributed by atoms with E-state index in [-0.39, 0.29) is 5.78 Å². The minimum absolute atomic E-state index is 0.0401. The highest BCUT2D eigenvalue weighted by molar-refractivity contribution is 7.98. The van der Waals surface area contributed by atoms with Crippen molar-refractivity contribution in [3.05, 3.63) is 23.8 Å². The number of carbonyl (C=O) groups excluding carboxylic acids is 1. The molecule has 3 nitrogen and oxygen atoms in total. The quantitative estimate of drug-likeness (QED) is 0.716. The third kappa shape index (κ3) is 3.66. The Morgan fingerprint density at radius 1 is 1.47 bits per heavy atom. The van der Waals surface area contributed by atoms with E-state index in [0.717, 1.165) is 17.9 Å². The molecule has 0 aromatic heterocycles. The van der Waals surface area contributed by atoms with Crippen LogP contribution in [0.15, 0.2) is 18.2 Å². The monoisotopic (exact) mass is 281 g/mol. The molecule has 0 saturated carbocycles. The number of nitrogens with zero attached hydrogens (tertiary/aromatic N) is 1. The minimum atomic E-state index is 0.0401. The highest BCUT2D eigenvalue weighted by atomic mass is 32.2. The number of thioether (sulfide) groups is 1. The Morgan fingerprint density at radius 2 is 2.16 bits per heavy atom. The van der Waals surface area contributed by atoms with Crippen LogP contribution in [-0.2, 0) is 0 Å². The van der Waals surface area contributed by atoms with Crippen molar-refractivity contribution in [3.63, 3.8) is 0 Å². The van der Waals surface area contributed by atoms with Gasteiger partial charge < -0.3 is 9.64 Å². The molecule has 1 atom stereocenters. The van der Waals surface area contributed by atoms with Crippen molar-refractivity contribution in [1.82, 2.24) is 0 Å². The predicted octanol–water partition coefficient (Wildman–Crippen LogP) is 3.48. The Bertz CT molecular complexity index is 434. The Morgan fingerprint density at radius 3 is 2.63 bits per heavy atom. The summed E-state index contributed by atoms with van der Waals surface area (Å²) in [7, 11) is 3.65. The summed E-state index contributed by atoms with van der Waals surface area (Å²) in [5, 5.41) is 0. The largest absolute Gasteiger partial charge is 0.496 e. The molecule has 1 aromatic carbocycles. The molecule has 0 N–H and O–H groups in total. The summed E-state index contributed by atoms with van der Waals surface area (Å²) >= 11 is 1.82. The van der Waals surface area contributed by atoms with Crippen LogP contribution in [0.25, 0.3) is 0 Å². The summed E-state index contributed by atoms with van der Waals surface area (Å²) in [4.78, 5) is 14.1. The molecule has 19 heavy (non-hydrogen) atoms. The number of anilines is 1. The SMILES string of the molecule is CCC(CSC)N(C)c1cccc(OC)c1C(C)=O. The van der Waals surface area contributed by atoms with E-state index in [1.165, 1.54) is 0 Å². The summed E-state index contributed by atoms with van der Waals surface area (Å²) in [6, 6.07) is 6.18. The van der Waals surface area contributed by atoms with Crippen molar-refractivity contribution in [1.29, 1.82) is 0 Å². The van der Waals surface area contributed by atoms with Gasteiger partial charge in [0.25, 0.3) is 0 Å². The van der Waals surface area contributed by atoms with Crippen LogP contribution in [0, 0.1) is 0 Å². The molecule has 0 aliphatic carbocycles. The molecule has 1 unspecified atom stereocenters. The smallest absolute Gasteiger partial charge is 0.165 e. The van der Waals surface area contributed by atoms with E-state index in [9.17, 15) is 4.79 Å². The van der Waals surface area contributed by atoms with E-state index in [1.54, 1.807) is 14.0 Å². The molecule has 0 amide bonds. The van der Waals surface area contributed by atoms with Crippen LogP contribution >= 0.6 is 11.8 Å². The first kappa shape index (κ1) is 15.9. The molecule has 0 aliphatic heterocycles. The molecule has 1 aromatic rings. The van der Waals surface area contributed by atoms with Crippen LogP contribution in [0.4, 0.5) is 5.69 Å². The average Bonchev–Trinajstić information content (AvgIpc) is 2.42. The topological polar surface area (TPSA) is 29.5 Å². The van der Waals surface area contributed by atoms with Gasteiger partial charge in [-0.3, -0.25) is 4.79 Å². The molecule has 0 radical (unpaired) electrons. The van der Waals surface area contributed by atoms with Crippen LogP contribution in [0.1, 0.15) is 30.6 Å². The van der Waals surface area contributed by atoms with Crippen molar-refractivity contribution in [2.45, 2.75) is 26.3 Å². The average molecular weight is 281 g/mol. The number of ketones is 1. The molecule has 106 valence electrons. The fraction of sp³-hybridized carbons (Fsp3) is 0.533. The lowest BCUT2D eigenvalue weighted by atomic mass is 10.1. The number of benzene rings is 1. The number of hydrogen-bond donors (Lipinski definition) is 0. The number of hydrogen-bond acceptors (Lipinski definition) is 4. The van der Waals surface area contributed by atoms with Crippen LogP contribution in [0.3, 0.4) is 0 Å². The molecule has 1 rings (SSSR count). The van der Waals surface area contributed by atoms with Crippen molar-refractivity contribution in [3.8, 4) is 5.75 Å². The normalized spacial score (nSPS) is 12.1. The first-order chi connectivity index (χ1) is 9.06. The Hall–Kier alpha value is -1.16. The first-order valence-corrected chi connectivity index (χ1v) is 7.85. The van der Waals surface area contributed by atoms with E-state index in [0.29, 0.717) is 17.4 Å². The third-order valence-corrected chi connectivity index (χ3v) is 4.05. The van der Waals surface area contributed by atoms with Gasteiger partial charge in [0.15, 0.2) is 5.78 Å². The second-order valence-corrected chi connectivity index (χ2v) is 5.45. The molecule has 0 saturated heterocycles. The zero-order chi connectivity index (χ0) is 14.4. The molecule has 0 heterocycles. The van der Waals surface area contributed by atoms with E-state index in [1.807, 2.05) is 37.0 Å². The Balaban J connectivity index is 3.21. The van der Waals surface area contributed by atoms with E-state index < -0.39 is 0 Å². The zero-order valence-electron chi connectivity index (χ0n) is 12.4. The number of carbonyl (C=O) groups is 1. The van der Waals surface area contributed by atoms with Crippen molar-refractivity contribution < 1.29 is 9.53 Å². The Labute approximate surface area is 120 Å². The van der Waals surface area contributed by atoms with E-state index >= 15 is 0 Å². The first-order valence-electron chi connectivity index (χ1n) is 6.46. The number of methoxy groups -OCH3 is 1. The Kier molecular flexibility index (Phi) is 6.22. The summed E-state index contributed by atoms with van der Waals surface area (Å²) in [5.74, 6) is 1.73. The van der Waals surface area contributed by atoms with Gasteiger partial charge in [-0.05, 0) is 31.7 Å². The summed E-state index contributed by atoms with van der Waals surface area (Å²) in [6.45, 7) is 3.76. The summed E-state index contributed by atoms with van der Waals surface area (Å²) in [6.07, 6.45) is 3.15. The highest BCUT2D eigenvalue weighted by Crippen LogP contribution is 2.31. The molecule has 4 heteroatoms. The van der Waals surface area contributed by atoms with Crippen LogP contribution < -0.4 is 9.64 Å². The van der Waals surface area contributed by atoms with Gasteiger partial charge in [-0.15, -0.1) is 0 Å². The maximum absolute atomic E-state index is 11.9. The van der Waals surface area contributed by atoms with Crippen LogP contribution in [0.2, 0.25) is 0 Å².